The number of pyridine rings is 2. The van der Waals surface area contributed by atoms with Gasteiger partial charge in [0.1, 0.15) is 0 Å². The average Bonchev–Trinajstić information content (AvgIpc) is 2.86. The van der Waals surface area contributed by atoms with Crippen LogP contribution < -0.4 is 10.0 Å². The van der Waals surface area contributed by atoms with Crippen LogP contribution in [-0.4, -0.2) is 42.3 Å². The molecule has 2 N–H and O–H groups in total. The van der Waals surface area contributed by atoms with E-state index >= 15 is 0 Å². The van der Waals surface area contributed by atoms with Crippen LogP contribution in [0.1, 0.15) is 10.4 Å². The number of non-ortho nitro benzene ring substituents is 1. The number of carbonyl (C=O) groups excluding carboxylic acids is 1. The SMILES string of the molecule is O=C(NCCNS(=O)(=O)c1cccc([N+](=O)[O-])c1)c1cc(-c2ccncc2)nc2ccccc12. The summed E-state index contributed by atoms with van der Waals surface area (Å²) in [5.74, 6) is -0.386. The van der Waals surface area contributed by atoms with Crippen LogP contribution in [0.4, 0.5) is 5.69 Å². The molecule has 34 heavy (non-hydrogen) atoms. The van der Waals surface area contributed by atoms with Crippen LogP contribution >= 0.6 is 0 Å². The first-order valence-corrected chi connectivity index (χ1v) is 11.7. The van der Waals surface area contributed by atoms with E-state index in [2.05, 4.69) is 20.0 Å². The molecular formula is C23H19N5O5S. The third-order valence-corrected chi connectivity index (χ3v) is 6.44. The molecule has 0 atom stereocenters. The highest BCUT2D eigenvalue weighted by atomic mass is 32.2. The summed E-state index contributed by atoms with van der Waals surface area (Å²) in [6, 6.07) is 17.2. The first-order chi connectivity index (χ1) is 16.3. The maximum atomic E-state index is 13.0. The molecule has 0 bridgehead atoms. The molecule has 0 spiro atoms. The van der Waals surface area contributed by atoms with Crippen molar-refractivity contribution in [3.05, 3.63) is 94.8 Å². The lowest BCUT2D eigenvalue weighted by molar-refractivity contribution is -0.385. The van der Waals surface area contributed by atoms with Crippen LogP contribution in [0.15, 0.2) is 84.0 Å². The van der Waals surface area contributed by atoms with Crippen LogP contribution in [0.25, 0.3) is 22.2 Å². The Morgan fingerprint density at radius 3 is 2.50 bits per heavy atom. The number of carbonyl (C=O) groups is 1. The van der Waals surface area contributed by atoms with E-state index in [1.165, 1.54) is 18.2 Å². The van der Waals surface area contributed by atoms with Gasteiger partial charge in [0.2, 0.25) is 10.0 Å². The molecule has 2 aromatic heterocycles. The average molecular weight is 478 g/mol. The summed E-state index contributed by atoms with van der Waals surface area (Å²) in [6.45, 7) is -0.0920. The van der Waals surface area contributed by atoms with Gasteiger partial charge in [0.05, 0.1) is 26.6 Å². The normalized spacial score (nSPS) is 11.3. The van der Waals surface area contributed by atoms with Gasteiger partial charge in [-0.2, -0.15) is 0 Å². The molecule has 1 amide bonds. The summed E-state index contributed by atoms with van der Waals surface area (Å²) >= 11 is 0. The molecule has 4 aromatic rings. The van der Waals surface area contributed by atoms with E-state index in [1.807, 2.05) is 12.1 Å². The van der Waals surface area contributed by atoms with Crippen LogP contribution in [0, 0.1) is 10.1 Å². The summed E-state index contributed by atoms with van der Waals surface area (Å²) < 4.78 is 27.2. The molecule has 0 saturated heterocycles. The second-order valence-corrected chi connectivity index (χ2v) is 8.98. The van der Waals surface area contributed by atoms with Gasteiger partial charge >= 0.3 is 0 Å². The molecule has 4 rings (SSSR count). The number of nitrogens with zero attached hydrogens (tertiary/aromatic N) is 3. The Bertz CT molecular complexity index is 1480. The second-order valence-electron chi connectivity index (χ2n) is 7.22. The third-order valence-electron chi connectivity index (χ3n) is 4.98. The Morgan fingerprint density at radius 1 is 0.971 bits per heavy atom. The van der Waals surface area contributed by atoms with Gasteiger partial charge in [0.15, 0.2) is 0 Å². The van der Waals surface area contributed by atoms with E-state index < -0.39 is 14.9 Å². The molecule has 0 radical (unpaired) electrons. The van der Waals surface area contributed by atoms with Gasteiger partial charge in [-0.15, -0.1) is 0 Å². The quantitative estimate of drug-likeness (QED) is 0.225. The standard InChI is InChI=1S/C23H19N5O5S/c29-23(25-12-13-26-34(32,33)18-5-3-4-17(14-18)28(30)31)20-15-22(16-8-10-24-11-9-16)27-21-7-2-1-6-19(20)21/h1-11,14-15,26H,12-13H2,(H,25,29). The molecular weight excluding hydrogens is 458 g/mol. The zero-order valence-electron chi connectivity index (χ0n) is 17.7. The number of amides is 1. The van der Waals surface area contributed by atoms with Gasteiger partial charge in [-0.3, -0.25) is 19.9 Å². The van der Waals surface area contributed by atoms with Gasteiger partial charge in [-0.25, -0.2) is 18.1 Å². The Kier molecular flexibility index (Phi) is 6.57. The number of para-hydroxylation sites is 1. The van der Waals surface area contributed by atoms with Gasteiger partial charge in [-0.1, -0.05) is 24.3 Å². The van der Waals surface area contributed by atoms with Crippen molar-refractivity contribution in [3.63, 3.8) is 0 Å². The van der Waals surface area contributed by atoms with Crippen molar-refractivity contribution >= 4 is 32.5 Å². The number of hydrogen-bond acceptors (Lipinski definition) is 7. The van der Waals surface area contributed by atoms with Gasteiger partial charge in [-0.05, 0) is 30.3 Å². The number of sulfonamides is 1. The summed E-state index contributed by atoms with van der Waals surface area (Å²) in [4.78, 5) is 31.6. The molecule has 0 aliphatic carbocycles. The number of benzene rings is 2. The largest absolute Gasteiger partial charge is 0.351 e. The molecule has 0 aliphatic rings. The lowest BCUT2D eigenvalue weighted by Crippen LogP contribution is -2.34. The zero-order chi connectivity index (χ0) is 24.1. The highest BCUT2D eigenvalue weighted by Crippen LogP contribution is 2.24. The fourth-order valence-electron chi connectivity index (χ4n) is 3.34. The molecule has 10 nitrogen and oxygen atoms in total. The number of nitro benzene ring substituents is 1. The van der Waals surface area contributed by atoms with Crippen LogP contribution in [0.5, 0.6) is 0 Å². The van der Waals surface area contributed by atoms with E-state index in [4.69, 9.17) is 0 Å². The summed E-state index contributed by atoms with van der Waals surface area (Å²) in [5, 5.41) is 14.3. The number of hydrogen-bond donors (Lipinski definition) is 2. The van der Waals surface area contributed by atoms with Gasteiger partial charge in [0, 0.05) is 48.6 Å². The maximum absolute atomic E-state index is 13.0. The Labute approximate surface area is 194 Å². The first kappa shape index (κ1) is 23.0. The molecule has 172 valence electrons. The predicted octanol–water partition coefficient (Wildman–Crippen LogP) is 2.91. The second kappa shape index (κ2) is 9.73. The Hall–Kier alpha value is -4.22. The van der Waals surface area contributed by atoms with E-state index in [0.717, 1.165) is 11.6 Å². The smallest absolute Gasteiger partial charge is 0.270 e. The molecule has 0 unspecified atom stereocenters. The minimum Gasteiger partial charge on any atom is -0.351 e. The third kappa shape index (κ3) is 5.05. The lowest BCUT2D eigenvalue weighted by atomic mass is 10.0. The predicted molar refractivity (Wildman–Crippen MR) is 126 cm³/mol. The fourth-order valence-corrected chi connectivity index (χ4v) is 4.41. The van der Waals surface area contributed by atoms with Crippen LogP contribution in [0.2, 0.25) is 0 Å². The monoisotopic (exact) mass is 477 g/mol. The molecule has 0 fully saturated rings. The molecule has 11 heteroatoms. The Morgan fingerprint density at radius 2 is 1.74 bits per heavy atom. The van der Waals surface area contributed by atoms with Crippen molar-refractivity contribution in [3.8, 4) is 11.3 Å². The number of rotatable bonds is 8. The van der Waals surface area contributed by atoms with Crippen molar-refractivity contribution in [2.45, 2.75) is 4.90 Å². The maximum Gasteiger partial charge on any atom is 0.270 e. The van der Waals surface area contributed by atoms with Gasteiger partial charge in [0.25, 0.3) is 11.6 Å². The number of aromatic nitrogens is 2. The summed E-state index contributed by atoms with van der Waals surface area (Å²) in [5.41, 5.74) is 2.13. The van der Waals surface area contributed by atoms with Crippen molar-refractivity contribution in [2.75, 3.05) is 13.1 Å². The number of nitro groups is 1. The van der Waals surface area contributed by atoms with Crippen LogP contribution in [0.3, 0.4) is 0 Å². The van der Waals surface area contributed by atoms with Crippen molar-refractivity contribution in [2.24, 2.45) is 0 Å². The molecule has 0 saturated carbocycles. The molecule has 2 heterocycles. The van der Waals surface area contributed by atoms with E-state index in [-0.39, 0.29) is 29.6 Å². The first-order valence-electron chi connectivity index (χ1n) is 10.2. The molecule has 2 aromatic carbocycles. The highest BCUT2D eigenvalue weighted by molar-refractivity contribution is 7.89. The van der Waals surface area contributed by atoms with E-state index in [0.29, 0.717) is 22.2 Å². The fraction of sp³-hybridized carbons (Fsp3) is 0.0870. The van der Waals surface area contributed by atoms with E-state index in [9.17, 15) is 23.3 Å². The molecule has 0 aliphatic heterocycles. The number of nitrogens with one attached hydrogen (secondary N) is 2. The summed E-state index contributed by atoms with van der Waals surface area (Å²) in [6.07, 6.45) is 3.28. The lowest BCUT2D eigenvalue weighted by Gasteiger charge is -2.11. The van der Waals surface area contributed by atoms with Crippen LogP contribution in [-0.2, 0) is 10.0 Å². The minimum atomic E-state index is -3.98. The van der Waals surface area contributed by atoms with Crippen molar-refractivity contribution in [1.29, 1.82) is 0 Å². The topological polar surface area (TPSA) is 144 Å². The number of fused-ring (bicyclic) bond motifs is 1. The van der Waals surface area contributed by atoms with Crippen molar-refractivity contribution in [1.82, 2.24) is 20.0 Å². The van der Waals surface area contributed by atoms with E-state index in [1.54, 1.807) is 42.7 Å². The highest BCUT2D eigenvalue weighted by Gasteiger charge is 2.18. The minimum absolute atomic E-state index is 0.00816. The Balaban J connectivity index is 1.48. The van der Waals surface area contributed by atoms with Crippen molar-refractivity contribution < 1.29 is 18.1 Å². The summed E-state index contributed by atoms with van der Waals surface area (Å²) in [7, 11) is -3.98. The van der Waals surface area contributed by atoms with Gasteiger partial charge < -0.3 is 5.32 Å². The zero-order valence-corrected chi connectivity index (χ0v) is 18.5.